The number of nitrogens with zero attached hydrogens (tertiary/aromatic N) is 2. The van der Waals surface area contributed by atoms with Crippen molar-refractivity contribution in [2.45, 2.75) is 51.5 Å². The van der Waals surface area contributed by atoms with E-state index in [1.807, 2.05) is 25.1 Å². The molecule has 0 radical (unpaired) electrons. The maximum atomic E-state index is 13.1. The zero-order valence-electron chi connectivity index (χ0n) is 19.0. The lowest BCUT2D eigenvalue weighted by molar-refractivity contribution is -0.120. The van der Waals surface area contributed by atoms with Crippen LogP contribution in [0.2, 0.25) is 0 Å². The number of anilines is 1. The molecule has 1 fully saturated rings. The Kier molecular flexibility index (Phi) is 10.5. The van der Waals surface area contributed by atoms with E-state index >= 15 is 0 Å². The summed E-state index contributed by atoms with van der Waals surface area (Å²) in [5.74, 6) is 0.180. The Morgan fingerprint density at radius 2 is 1.61 bits per heavy atom. The molecule has 3 rings (SSSR count). The molecule has 1 amide bonds. The standard InChI is InChI=1S/C26H36N2O2.ClH/c1-3-21-30-22-26(28(25(29)4-2)24-13-9-6-10-14-24)16-19-27(20-17-26)18-15-23-11-7-5-8-12-23;/h5-14H,3-4,15-22H2,1-2H3;1H. The van der Waals surface area contributed by atoms with Crippen LogP contribution in [-0.4, -0.2) is 49.2 Å². The summed E-state index contributed by atoms with van der Waals surface area (Å²) in [5.41, 5.74) is 2.10. The monoisotopic (exact) mass is 444 g/mol. The summed E-state index contributed by atoms with van der Waals surface area (Å²) < 4.78 is 6.07. The summed E-state index contributed by atoms with van der Waals surface area (Å²) in [5, 5.41) is 0. The van der Waals surface area contributed by atoms with Crippen LogP contribution < -0.4 is 4.90 Å². The molecule has 0 unspecified atom stereocenters. The normalized spacial score (nSPS) is 15.8. The molecule has 1 heterocycles. The van der Waals surface area contributed by atoms with Gasteiger partial charge in [-0.2, -0.15) is 0 Å². The lowest BCUT2D eigenvalue weighted by Crippen LogP contribution is -2.60. The van der Waals surface area contributed by atoms with Gasteiger partial charge in [0.15, 0.2) is 0 Å². The zero-order chi connectivity index (χ0) is 21.2. The zero-order valence-corrected chi connectivity index (χ0v) is 19.8. The van der Waals surface area contributed by atoms with Crippen LogP contribution in [0.5, 0.6) is 0 Å². The second kappa shape index (κ2) is 12.8. The van der Waals surface area contributed by atoms with Gasteiger partial charge in [0.1, 0.15) is 0 Å². The first kappa shape index (κ1) is 25.4. The van der Waals surface area contributed by atoms with Gasteiger partial charge >= 0.3 is 0 Å². The van der Waals surface area contributed by atoms with Crippen molar-refractivity contribution in [3.63, 3.8) is 0 Å². The van der Waals surface area contributed by atoms with Crippen LogP contribution in [0.3, 0.4) is 0 Å². The fourth-order valence-electron chi connectivity index (χ4n) is 4.38. The van der Waals surface area contributed by atoms with Crippen molar-refractivity contribution in [2.24, 2.45) is 0 Å². The molecule has 4 nitrogen and oxygen atoms in total. The second-order valence-electron chi connectivity index (χ2n) is 8.27. The summed E-state index contributed by atoms with van der Waals surface area (Å²) in [4.78, 5) is 17.7. The maximum Gasteiger partial charge on any atom is 0.227 e. The Balaban J connectivity index is 0.00000341. The molecule has 0 atom stereocenters. The van der Waals surface area contributed by atoms with Gasteiger partial charge in [-0.1, -0.05) is 62.4 Å². The number of hydrogen-bond donors (Lipinski definition) is 0. The number of likely N-dealkylation sites (tertiary alicyclic amines) is 1. The number of piperidine rings is 1. The first-order valence-corrected chi connectivity index (χ1v) is 11.4. The fourth-order valence-corrected chi connectivity index (χ4v) is 4.38. The van der Waals surface area contributed by atoms with E-state index < -0.39 is 0 Å². The van der Waals surface area contributed by atoms with E-state index in [0.29, 0.717) is 13.0 Å². The van der Waals surface area contributed by atoms with Crippen LogP contribution >= 0.6 is 12.4 Å². The molecule has 1 aliphatic heterocycles. The maximum absolute atomic E-state index is 13.1. The molecule has 0 N–H and O–H groups in total. The smallest absolute Gasteiger partial charge is 0.227 e. The molecular weight excluding hydrogens is 408 g/mol. The molecule has 1 aliphatic rings. The predicted octanol–water partition coefficient (Wildman–Crippen LogP) is 5.36. The number of carbonyl (C=O) groups excluding carboxylic acids is 1. The van der Waals surface area contributed by atoms with Crippen molar-refractivity contribution in [2.75, 3.05) is 37.7 Å². The number of ether oxygens (including phenoxy) is 1. The van der Waals surface area contributed by atoms with E-state index in [0.717, 1.165) is 57.6 Å². The summed E-state index contributed by atoms with van der Waals surface area (Å²) >= 11 is 0. The lowest BCUT2D eigenvalue weighted by atomic mass is 9.85. The summed E-state index contributed by atoms with van der Waals surface area (Å²) in [6.07, 6.45) is 4.43. The first-order valence-electron chi connectivity index (χ1n) is 11.4. The van der Waals surface area contributed by atoms with E-state index in [4.69, 9.17) is 4.74 Å². The molecule has 0 spiro atoms. The van der Waals surface area contributed by atoms with Crippen LogP contribution in [0.4, 0.5) is 5.69 Å². The molecule has 0 saturated carbocycles. The van der Waals surface area contributed by atoms with Crippen molar-refractivity contribution < 1.29 is 9.53 Å². The average Bonchev–Trinajstić information content (AvgIpc) is 2.80. The summed E-state index contributed by atoms with van der Waals surface area (Å²) in [6, 6.07) is 20.8. The van der Waals surface area contributed by atoms with E-state index in [9.17, 15) is 4.79 Å². The van der Waals surface area contributed by atoms with Crippen molar-refractivity contribution in [1.82, 2.24) is 4.90 Å². The minimum atomic E-state index is -0.271. The SMILES string of the molecule is CCCOCC1(N(C(=O)CC)c2ccccc2)CCN(CCc2ccccc2)CC1.Cl. The lowest BCUT2D eigenvalue weighted by Gasteiger charge is -2.48. The predicted molar refractivity (Wildman–Crippen MR) is 131 cm³/mol. The number of amides is 1. The third-order valence-corrected chi connectivity index (χ3v) is 6.11. The van der Waals surface area contributed by atoms with Crippen LogP contribution in [0.15, 0.2) is 60.7 Å². The topological polar surface area (TPSA) is 32.8 Å². The molecule has 1 saturated heterocycles. The third-order valence-electron chi connectivity index (χ3n) is 6.11. The number of carbonyl (C=O) groups is 1. The Hall–Kier alpha value is -1.88. The number of hydrogen-bond acceptors (Lipinski definition) is 3. The first-order chi connectivity index (χ1) is 14.7. The van der Waals surface area contributed by atoms with Gasteiger partial charge in [-0.3, -0.25) is 4.79 Å². The highest BCUT2D eigenvalue weighted by Gasteiger charge is 2.43. The van der Waals surface area contributed by atoms with Gasteiger partial charge in [0.25, 0.3) is 0 Å². The van der Waals surface area contributed by atoms with E-state index in [1.165, 1.54) is 5.56 Å². The van der Waals surface area contributed by atoms with Crippen LogP contribution in [0.25, 0.3) is 0 Å². The van der Waals surface area contributed by atoms with Crippen LogP contribution in [0, 0.1) is 0 Å². The van der Waals surface area contributed by atoms with E-state index in [-0.39, 0.29) is 23.9 Å². The Morgan fingerprint density at radius 1 is 1.00 bits per heavy atom. The molecule has 0 bridgehead atoms. The van der Waals surface area contributed by atoms with Gasteiger partial charge in [-0.25, -0.2) is 0 Å². The largest absolute Gasteiger partial charge is 0.379 e. The van der Waals surface area contributed by atoms with Gasteiger partial charge in [0.2, 0.25) is 5.91 Å². The van der Waals surface area contributed by atoms with Crippen LogP contribution in [0.1, 0.15) is 45.1 Å². The minimum absolute atomic E-state index is 0. The Morgan fingerprint density at radius 3 is 2.19 bits per heavy atom. The molecule has 0 aromatic heterocycles. The Labute approximate surface area is 194 Å². The van der Waals surface area contributed by atoms with Crippen molar-refractivity contribution in [3.8, 4) is 0 Å². The van der Waals surface area contributed by atoms with Gasteiger partial charge in [0, 0.05) is 38.3 Å². The Bertz CT molecular complexity index is 761. The molecule has 31 heavy (non-hydrogen) atoms. The number of para-hydroxylation sites is 1. The highest BCUT2D eigenvalue weighted by molar-refractivity contribution is 5.94. The quantitative estimate of drug-likeness (QED) is 0.463. The van der Waals surface area contributed by atoms with Crippen LogP contribution in [-0.2, 0) is 16.0 Å². The second-order valence-corrected chi connectivity index (χ2v) is 8.27. The highest BCUT2D eigenvalue weighted by atomic mass is 35.5. The molecule has 5 heteroatoms. The van der Waals surface area contributed by atoms with Crippen molar-refractivity contribution in [1.29, 1.82) is 0 Å². The van der Waals surface area contributed by atoms with E-state index in [2.05, 4.69) is 59.2 Å². The summed E-state index contributed by atoms with van der Waals surface area (Å²) in [7, 11) is 0. The molecular formula is C26H37ClN2O2. The van der Waals surface area contributed by atoms with Gasteiger partial charge in [-0.05, 0) is 43.4 Å². The third kappa shape index (κ3) is 6.80. The van der Waals surface area contributed by atoms with Crippen molar-refractivity contribution in [3.05, 3.63) is 66.2 Å². The average molecular weight is 445 g/mol. The minimum Gasteiger partial charge on any atom is -0.379 e. The summed E-state index contributed by atoms with van der Waals surface area (Å²) in [6.45, 7) is 8.46. The highest BCUT2D eigenvalue weighted by Crippen LogP contribution is 2.34. The van der Waals surface area contributed by atoms with E-state index in [1.54, 1.807) is 0 Å². The van der Waals surface area contributed by atoms with Crippen molar-refractivity contribution >= 4 is 24.0 Å². The molecule has 2 aromatic rings. The molecule has 170 valence electrons. The number of rotatable bonds is 10. The fraction of sp³-hybridized carbons (Fsp3) is 0.500. The number of halogens is 1. The number of benzene rings is 2. The van der Waals surface area contributed by atoms with Gasteiger partial charge < -0.3 is 14.5 Å². The molecule has 2 aromatic carbocycles. The van der Waals surface area contributed by atoms with Gasteiger partial charge in [0.05, 0.1) is 12.1 Å². The van der Waals surface area contributed by atoms with Gasteiger partial charge in [-0.15, -0.1) is 12.4 Å². The molecule has 0 aliphatic carbocycles.